The summed E-state index contributed by atoms with van der Waals surface area (Å²) in [5.74, 6) is 0.726. The van der Waals surface area contributed by atoms with Gasteiger partial charge in [0.05, 0.1) is 16.9 Å². The summed E-state index contributed by atoms with van der Waals surface area (Å²) < 4.78 is 12.7. The van der Waals surface area contributed by atoms with Crippen LogP contribution in [-0.2, 0) is 10.8 Å². The first-order chi connectivity index (χ1) is 10.0. The van der Waals surface area contributed by atoms with E-state index in [1.54, 1.807) is 0 Å². The van der Waals surface area contributed by atoms with Gasteiger partial charge in [0.15, 0.2) is 0 Å². The summed E-state index contributed by atoms with van der Waals surface area (Å²) in [7, 11) is -0.993. The standard InChI is InChI=1S/C17H27NO2S/c1-17(9-3-2-4-10-17)13-21(20)15-7-5-6-14(12-15)16(19)8-11-18/h5-7,12,16,19H,2-4,8-11,13,18H2,1H3. The van der Waals surface area contributed by atoms with Crippen LogP contribution in [-0.4, -0.2) is 21.6 Å². The number of rotatable bonds is 6. The Bertz CT molecular complexity index is 483. The third kappa shape index (κ3) is 4.63. The first-order valence-corrected chi connectivity index (χ1v) is 9.22. The van der Waals surface area contributed by atoms with Gasteiger partial charge in [-0.1, -0.05) is 38.3 Å². The predicted octanol–water partition coefficient (Wildman–Crippen LogP) is 3.15. The highest BCUT2D eigenvalue weighted by Crippen LogP contribution is 2.37. The minimum Gasteiger partial charge on any atom is -0.388 e. The van der Waals surface area contributed by atoms with Crippen LogP contribution in [0.4, 0.5) is 0 Å². The molecule has 0 amide bonds. The molecule has 1 aliphatic rings. The number of nitrogens with two attached hydrogens (primary N) is 1. The van der Waals surface area contributed by atoms with E-state index in [4.69, 9.17) is 5.73 Å². The fraction of sp³-hybridized carbons (Fsp3) is 0.647. The number of hydrogen-bond donors (Lipinski definition) is 2. The number of hydrogen-bond acceptors (Lipinski definition) is 3. The second kappa shape index (κ2) is 7.52. The van der Waals surface area contributed by atoms with Crippen molar-refractivity contribution in [3.8, 4) is 0 Å². The van der Waals surface area contributed by atoms with Crippen LogP contribution in [0.25, 0.3) is 0 Å². The van der Waals surface area contributed by atoms with Gasteiger partial charge in [-0.25, -0.2) is 0 Å². The zero-order valence-electron chi connectivity index (χ0n) is 12.9. The van der Waals surface area contributed by atoms with Crippen LogP contribution in [0.1, 0.15) is 57.1 Å². The Morgan fingerprint density at radius 2 is 2.05 bits per heavy atom. The lowest BCUT2D eigenvalue weighted by Gasteiger charge is -2.33. The molecule has 0 spiro atoms. The summed E-state index contributed by atoms with van der Waals surface area (Å²) in [4.78, 5) is 0.829. The highest BCUT2D eigenvalue weighted by Gasteiger charge is 2.29. The number of benzene rings is 1. The van der Waals surface area contributed by atoms with Gasteiger partial charge in [0.25, 0.3) is 0 Å². The molecule has 3 N–H and O–H groups in total. The van der Waals surface area contributed by atoms with Crippen molar-refractivity contribution >= 4 is 10.8 Å². The first-order valence-electron chi connectivity index (χ1n) is 7.90. The van der Waals surface area contributed by atoms with Gasteiger partial charge in [0, 0.05) is 10.6 Å². The zero-order valence-corrected chi connectivity index (χ0v) is 13.7. The molecule has 2 unspecified atom stereocenters. The molecule has 0 heterocycles. The summed E-state index contributed by atoms with van der Waals surface area (Å²) in [6.07, 6.45) is 6.14. The average molecular weight is 309 g/mol. The summed E-state index contributed by atoms with van der Waals surface area (Å²) >= 11 is 0. The molecule has 0 saturated heterocycles. The largest absolute Gasteiger partial charge is 0.388 e. The molecule has 1 saturated carbocycles. The van der Waals surface area contributed by atoms with Crippen LogP contribution in [0, 0.1) is 5.41 Å². The Hall–Kier alpha value is -0.710. The van der Waals surface area contributed by atoms with Crippen molar-refractivity contribution < 1.29 is 9.32 Å². The normalized spacial score (nSPS) is 20.9. The fourth-order valence-corrected chi connectivity index (χ4v) is 4.72. The third-order valence-corrected chi connectivity index (χ3v) is 6.22. The Balaban J connectivity index is 2.06. The van der Waals surface area contributed by atoms with Crippen molar-refractivity contribution in [2.45, 2.75) is 56.4 Å². The summed E-state index contributed by atoms with van der Waals surface area (Å²) in [6.45, 7) is 2.71. The molecule has 0 aliphatic heterocycles. The van der Waals surface area contributed by atoms with Crippen molar-refractivity contribution in [3.05, 3.63) is 29.8 Å². The van der Waals surface area contributed by atoms with Crippen LogP contribution in [0.15, 0.2) is 29.2 Å². The maximum absolute atomic E-state index is 12.7. The van der Waals surface area contributed by atoms with E-state index in [1.807, 2.05) is 24.3 Å². The van der Waals surface area contributed by atoms with Gasteiger partial charge in [0.1, 0.15) is 0 Å². The Morgan fingerprint density at radius 1 is 1.33 bits per heavy atom. The van der Waals surface area contributed by atoms with E-state index in [0.29, 0.717) is 13.0 Å². The Morgan fingerprint density at radius 3 is 2.71 bits per heavy atom. The lowest BCUT2D eigenvalue weighted by Crippen LogP contribution is -2.27. The third-order valence-electron chi connectivity index (χ3n) is 4.49. The van der Waals surface area contributed by atoms with Gasteiger partial charge < -0.3 is 10.8 Å². The molecular weight excluding hydrogens is 282 g/mol. The zero-order chi connectivity index (χ0) is 15.3. The number of aliphatic hydroxyl groups excluding tert-OH is 1. The van der Waals surface area contributed by atoms with Crippen LogP contribution in [0.2, 0.25) is 0 Å². The minimum absolute atomic E-state index is 0.203. The summed E-state index contributed by atoms with van der Waals surface area (Å²) in [5, 5.41) is 10.0. The van der Waals surface area contributed by atoms with Crippen LogP contribution in [0.3, 0.4) is 0 Å². The quantitative estimate of drug-likeness (QED) is 0.848. The molecule has 21 heavy (non-hydrogen) atoms. The van der Waals surface area contributed by atoms with Crippen molar-refractivity contribution in [2.24, 2.45) is 11.1 Å². The van der Waals surface area contributed by atoms with E-state index in [0.717, 1.165) is 16.2 Å². The molecule has 1 aromatic carbocycles. The lowest BCUT2D eigenvalue weighted by molar-refractivity contribution is 0.170. The lowest BCUT2D eigenvalue weighted by atomic mass is 9.77. The fourth-order valence-electron chi connectivity index (χ4n) is 3.14. The molecule has 2 atom stereocenters. The monoisotopic (exact) mass is 309 g/mol. The van der Waals surface area contributed by atoms with E-state index >= 15 is 0 Å². The van der Waals surface area contributed by atoms with E-state index in [9.17, 15) is 9.32 Å². The van der Waals surface area contributed by atoms with Crippen LogP contribution in [0.5, 0.6) is 0 Å². The topological polar surface area (TPSA) is 63.3 Å². The molecular formula is C17H27NO2S. The smallest absolute Gasteiger partial charge is 0.0802 e. The van der Waals surface area contributed by atoms with E-state index in [-0.39, 0.29) is 5.41 Å². The summed E-state index contributed by atoms with van der Waals surface area (Å²) in [6, 6.07) is 7.54. The molecule has 1 aromatic rings. The average Bonchev–Trinajstić information content (AvgIpc) is 2.48. The molecule has 0 bridgehead atoms. The van der Waals surface area contributed by atoms with Gasteiger partial charge in [-0.05, 0) is 48.9 Å². The molecule has 0 aromatic heterocycles. The molecule has 118 valence electrons. The van der Waals surface area contributed by atoms with Gasteiger partial charge >= 0.3 is 0 Å². The molecule has 2 rings (SSSR count). The SMILES string of the molecule is CC1(CS(=O)c2cccc(C(O)CCN)c2)CCCCC1. The van der Waals surface area contributed by atoms with Crippen LogP contribution >= 0.6 is 0 Å². The van der Waals surface area contributed by atoms with E-state index < -0.39 is 16.9 Å². The minimum atomic E-state index is -0.993. The van der Waals surface area contributed by atoms with Gasteiger partial charge in [-0.3, -0.25) is 4.21 Å². The van der Waals surface area contributed by atoms with Gasteiger partial charge in [-0.15, -0.1) is 0 Å². The molecule has 1 fully saturated rings. The van der Waals surface area contributed by atoms with Crippen molar-refractivity contribution in [2.75, 3.05) is 12.3 Å². The van der Waals surface area contributed by atoms with Gasteiger partial charge in [0.2, 0.25) is 0 Å². The van der Waals surface area contributed by atoms with E-state index in [2.05, 4.69) is 6.92 Å². The predicted molar refractivity (Wildman–Crippen MR) is 87.5 cm³/mol. The molecule has 0 radical (unpaired) electrons. The highest BCUT2D eigenvalue weighted by atomic mass is 32.2. The number of aliphatic hydroxyl groups is 1. The summed E-state index contributed by atoms with van der Waals surface area (Å²) in [5.41, 5.74) is 6.51. The second-order valence-corrected chi connectivity index (χ2v) is 7.98. The van der Waals surface area contributed by atoms with Gasteiger partial charge in [-0.2, -0.15) is 0 Å². The highest BCUT2D eigenvalue weighted by molar-refractivity contribution is 7.85. The molecule has 4 heteroatoms. The van der Waals surface area contributed by atoms with Crippen molar-refractivity contribution in [3.63, 3.8) is 0 Å². The second-order valence-electron chi connectivity index (χ2n) is 6.53. The van der Waals surface area contributed by atoms with Crippen molar-refractivity contribution in [1.29, 1.82) is 0 Å². The maximum atomic E-state index is 12.7. The Kier molecular flexibility index (Phi) is 5.97. The Labute approximate surface area is 130 Å². The maximum Gasteiger partial charge on any atom is 0.0802 e. The molecule has 1 aliphatic carbocycles. The van der Waals surface area contributed by atoms with Crippen LogP contribution < -0.4 is 5.73 Å². The van der Waals surface area contributed by atoms with Crippen molar-refractivity contribution in [1.82, 2.24) is 0 Å². The first kappa shape index (κ1) is 16.7. The van der Waals surface area contributed by atoms with E-state index in [1.165, 1.54) is 32.1 Å². The molecule has 3 nitrogen and oxygen atoms in total.